The van der Waals surface area contributed by atoms with Crippen molar-refractivity contribution in [1.82, 2.24) is 20.2 Å². The van der Waals surface area contributed by atoms with E-state index in [9.17, 15) is 24.7 Å². The summed E-state index contributed by atoms with van der Waals surface area (Å²) in [6.07, 6.45) is 4.96. The van der Waals surface area contributed by atoms with E-state index in [1.165, 1.54) is 28.5 Å². The molecule has 1 unspecified atom stereocenters. The molecule has 2 amide bonds. The van der Waals surface area contributed by atoms with Crippen molar-refractivity contribution < 1.29 is 54.3 Å². The van der Waals surface area contributed by atoms with Gasteiger partial charge in [-0.05, 0) is 11.6 Å². The van der Waals surface area contributed by atoms with Crippen LogP contribution in [0.5, 0.6) is 0 Å². The predicted octanol–water partition coefficient (Wildman–Crippen LogP) is -3.52. The molecular formula is C17H13N6NaO5S3. The zero-order chi connectivity index (χ0) is 22.1. The Morgan fingerprint density at radius 1 is 1.38 bits per heavy atom. The number of aliphatic carboxylic acids is 1. The number of rotatable bonds is 6. The average Bonchev–Trinajstić information content (AvgIpc) is 3.42. The summed E-state index contributed by atoms with van der Waals surface area (Å²) in [6, 6.07) is -0.994. The van der Waals surface area contributed by atoms with E-state index in [4.69, 9.17) is 5.73 Å². The van der Waals surface area contributed by atoms with E-state index >= 15 is 0 Å². The van der Waals surface area contributed by atoms with Gasteiger partial charge in [-0.3, -0.25) is 19.5 Å². The summed E-state index contributed by atoms with van der Waals surface area (Å²) in [4.78, 5) is 46.7. The summed E-state index contributed by atoms with van der Waals surface area (Å²) in [5, 5.41) is 27.4. The number of nitrogens with zero attached hydrogens (tertiary/aromatic N) is 4. The van der Waals surface area contributed by atoms with Gasteiger partial charge in [0.25, 0.3) is 11.8 Å². The molecule has 0 aliphatic carbocycles. The predicted molar refractivity (Wildman–Crippen MR) is 113 cm³/mol. The molecule has 0 aromatic carbocycles. The smallest absolute Gasteiger partial charge is 0.543 e. The summed E-state index contributed by atoms with van der Waals surface area (Å²) in [5.41, 5.74) is 7.03. The monoisotopic (exact) mass is 500 g/mol. The molecule has 4 heterocycles. The minimum Gasteiger partial charge on any atom is -0.543 e. The van der Waals surface area contributed by atoms with E-state index < -0.39 is 34.9 Å². The van der Waals surface area contributed by atoms with Gasteiger partial charge in [-0.1, -0.05) is 11.2 Å². The number of nitrogen functional groups attached to an aromatic ring is 1. The Labute approximate surface area is 215 Å². The van der Waals surface area contributed by atoms with E-state index in [1.807, 2.05) is 0 Å². The van der Waals surface area contributed by atoms with Crippen molar-refractivity contribution in [3.8, 4) is 0 Å². The van der Waals surface area contributed by atoms with Crippen LogP contribution < -0.4 is 45.7 Å². The zero-order valence-corrected chi connectivity index (χ0v) is 20.9. The Morgan fingerprint density at radius 2 is 2.16 bits per heavy atom. The molecule has 2 aliphatic heterocycles. The maximum Gasteiger partial charge on any atom is 1.00 e. The number of amides is 2. The second kappa shape index (κ2) is 10.1. The molecule has 4 N–H and O–H groups in total. The van der Waals surface area contributed by atoms with Crippen LogP contribution >= 0.6 is 34.4 Å². The Kier molecular flexibility index (Phi) is 7.74. The first-order valence-electron chi connectivity index (χ1n) is 8.60. The van der Waals surface area contributed by atoms with Gasteiger partial charge in [-0.2, -0.15) is 0 Å². The molecule has 1 saturated heterocycles. The Morgan fingerprint density at radius 3 is 2.75 bits per heavy atom. The van der Waals surface area contributed by atoms with E-state index in [1.54, 1.807) is 23.9 Å². The molecule has 2 aromatic heterocycles. The van der Waals surface area contributed by atoms with Gasteiger partial charge < -0.3 is 26.2 Å². The van der Waals surface area contributed by atoms with Gasteiger partial charge >= 0.3 is 29.6 Å². The maximum absolute atomic E-state index is 12.7. The number of anilines is 1. The standard InChI is InChI=1S/C17H14N6O5S3.Na/c18-17-20-9(5-30-17)10(22-28)13(24)21-11-14(25)23-12(16(26)27)7(4-29-15(11)23)1-2-8-3-19-6-31-8;/h1-3,5-6,11,15,28H,4H2,(H2,18,20)(H,21,24)(H,26,27);/q;+1/p-1/t11?,15-;/m0./s1. The van der Waals surface area contributed by atoms with Crippen LogP contribution in [0.25, 0.3) is 6.08 Å². The fourth-order valence-corrected chi connectivity index (χ4v) is 5.45. The fourth-order valence-electron chi connectivity index (χ4n) is 3.07. The average molecular weight is 501 g/mol. The largest absolute Gasteiger partial charge is 1.00 e. The number of β-lactam (4-membered cyclic amide) rings is 1. The number of thiazole rings is 2. The van der Waals surface area contributed by atoms with Gasteiger partial charge in [-0.15, -0.1) is 34.4 Å². The van der Waals surface area contributed by atoms with Crippen molar-refractivity contribution in [2.45, 2.75) is 11.4 Å². The van der Waals surface area contributed by atoms with Crippen LogP contribution in [-0.2, 0) is 14.4 Å². The number of aromatic nitrogens is 2. The van der Waals surface area contributed by atoms with Crippen molar-refractivity contribution in [2.24, 2.45) is 5.16 Å². The summed E-state index contributed by atoms with van der Waals surface area (Å²) in [7, 11) is 0. The number of carboxylic acid groups (broad SMARTS) is 1. The summed E-state index contributed by atoms with van der Waals surface area (Å²) in [6.45, 7) is 0. The molecule has 0 saturated carbocycles. The van der Waals surface area contributed by atoms with Gasteiger partial charge in [0.05, 0.1) is 17.2 Å². The third kappa shape index (κ3) is 4.60. The van der Waals surface area contributed by atoms with Crippen molar-refractivity contribution >= 4 is 69.1 Å². The second-order valence-electron chi connectivity index (χ2n) is 6.28. The second-order valence-corrected chi connectivity index (χ2v) is 9.19. The number of hydrogen-bond donors (Lipinski definition) is 3. The summed E-state index contributed by atoms with van der Waals surface area (Å²) >= 11 is 3.74. The van der Waals surface area contributed by atoms with E-state index in [-0.39, 0.29) is 46.1 Å². The number of fused-ring (bicyclic) bond motifs is 1. The number of oxime groups is 1. The summed E-state index contributed by atoms with van der Waals surface area (Å²) < 4.78 is 0. The van der Waals surface area contributed by atoms with Crippen LogP contribution in [0.15, 0.2) is 39.6 Å². The van der Waals surface area contributed by atoms with E-state index in [0.29, 0.717) is 11.3 Å². The molecule has 15 heteroatoms. The van der Waals surface area contributed by atoms with Crippen molar-refractivity contribution in [1.29, 1.82) is 0 Å². The van der Waals surface area contributed by atoms with Crippen LogP contribution in [0.4, 0.5) is 5.13 Å². The minimum atomic E-state index is -1.48. The quantitative estimate of drug-likeness (QED) is 0.119. The summed E-state index contributed by atoms with van der Waals surface area (Å²) in [5.74, 6) is -2.63. The number of carbonyl (C=O) groups excluding carboxylic acids is 3. The molecule has 0 spiro atoms. The molecule has 11 nitrogen and oxygen atoms in total. The topological polar surface area (TPSA) is 174 Å². The molecule has 4 rings (SSSR count). The third-order valence-corrected chi connectivity index (χ3v) is 7.17. The number of carboxylic acids is 1. The van der Waals surface area contributed by atoms with Crippen LogP contribution in [0, 0.1) is 0 Å². The maximum atomic E-state index is 12.7. The van der Waals surface area contributed by atoms with Crippen molar-refractivity contribution in [2.75, 3.05) is 11.5 Å². The number of allylic oxidation sites excluding steroid dienone is 1. The van der Waals surface area contributed by atoms with Crippen LogP contribution in [0.1, 0.15) is 10.6 Å². The first-order chi connectivity index (χ1) is 14.9. The number of hydrogen-bond acceptors (Lipinski definition) is 12. The van der Waals surface area contributed by atoms with Crippen molar-refractivity contribution in [3.63, 3.8) is 0 Å². The fraction of sp³-hybridized carbons (Fsp3) is 0.176. The van der Waals surface area contributed by atoms with Crippen LogP contribution in [0.2, 0.25) is 0 Å². The Balaban J connectivity index is 0.00000289. The molecular weight excluding hydrogens is 487 g/mol. The third-order valence-electron chi connectivity index (χ3n) is 4.46. The molecule has 160 valence electrons. The number of carbonyl (C=O) groups is 3. The van der Waals surface area contributed by atoms with Crippen LogP contribution in [-0.4, -0.2) is 60.7 Å². The Hall–Kier alpha value is -2.23. The van der Waals surface area contributed by atoms with Gasteiger partial charge in [0.15, 0.2) is 10.8 Å². The first-order valence-corrected chi connectivity index (χ1v) is 11.4. The molecule has 1 fully saturated rings. The van der Waals surface area contributed by atoms with E-state index in [2.05, 4.69) is 20.4 Å². The molecule has 2 aliphatic rings. The zero-order valence-electron chi connectivity index (χ0n) is 16.4. The molecule has 2 aromatic rings. The SMILES string of the molecule is Nc1nc(C(=NO)C(=O)NC2C(=O)N3C(C(=O)[O-])=C(C=Cc4cncs4)CS[C@@H]23)cs1.[Na+]. The van der Waals surface area contributed by atoms with Gasteiger partial charge in [0, 0.05) is 22.2 Å². The number of thioether (sulfide) groups is 1. The minimum absolute atomic E-state index is 0. The Bertz CT molecular complexity index is 1150. The normalized spacial score (nSPS) is 20.6. The molecule has 0 bridgehead atoms. The number of nitrogens with one attached hydrogen (secondary N) is 1. The van der Waals surface area contributed by atoms with E-state index in [0.717, 1.165) is 21.1 Å². The first kappa shape index (κ1) is 24.4. The van der Waals surface area contributed by atoms with Crippen molar-refractivity contribution in [3.05, 3.63) is 45.0 Å². The van der Waals surface area contributed by atoms with Gasteiger partial charge in [0.1, 0.15) is 17.1 Å². The molecule has 32 heavy (non-hydrogen) atoms. The molecule has 0 radical (unpaired) electrons. The van der Waals surface area contributed by atoms with Gasteiger partial charge in [0.2, 0.25) is 0 Å². The van der Waals surface area contributed by atoms with Gasteiger partial charge in [-0.25, -0.2) is 4.98 Å². The van der Waals surface area contributed by atoms with Crippen LogP contribution in [0.3, 0.4) is 0 Å². The molecule has 2 atom stereocenters. The number of nitrogens with two attached hydrogens (primary N) is 1.